The Kier molecular flexibility index (Phi) is 13.5. The maximum absolute atomic E-state index is 12.3. The molecule has 0 atom stereocenters. The van der Waals surface area contributed by atoms with Gasteiger partial charge in [-0.2, -0.15) is 0 Å². The summed E-state index contributed by atoms with van der Waals surface area (Å²) in [4.78, 5) is 12.3. The molecule has 0 spiro atoms. The van der Waals surface area contributed by atoms with Gasteiger partial charge in [-0.15, -0.1) is 0 Å². The van der Waals surface area contributed by atoms with Crippen LogP contribution in [-0.2, 0) is 11.2 Å². The van der Waals surface area contributed by atoms with Crippen LogP contribution in [0.1, 0.15) is 102 Å². The van der Waals surface area contributed by atoms with Crippen LogP contribution in [0, 0.1) is 0 Å². The van der Waals surface area contributed by atoms with Crippen LogP contribution in [0.15, 0.2) is 54.6 Å². The zero-order valence-corrected chi connectivity index (χ0v) is 19.6. The molecule has 31 heavy (non-hydrogen) atoms. The van der Waals surface area contributed by atoms with Gasteiger partial charge in [0.2, 0.25) is 0 Å². The van der Waals surface area contributed by atoms with Crippen molar-refractivity contribution in [1.82, 2.24) is 0 Å². The standard InChI is InChI=1S/C29H42O2/c1-2-3-4-5-6-7-8-9-10-11-12-13-15-20-27(30)24-26-19-18-23-29(25-26)31-28-21-16-14-17-22-28/h14,16-19,21-23,25H,2-13,15,20,24H2,1H3. The Labute approximate surface area is 190 Å². The van der Waals surface area contributed by atoms with Gasteiger partial charge in [-0.25, -0.2) is 0 Å². The summed E-state index contributed by atoms with van der Waals surface area (Å²) >= 11 is 0. The van der Waals surface area contributed by atoms with Gasteiger partial charge in [-0.3, -0.25) is 4.79 Å². The number of para-hydroxylation sites is 1. The van der Waals surface area contributed by atoms with Gasteiger partial charge < -0.3 is 4.74 Å². The maximum atomic E-state index is 12.3. The summed E-state index contributed by atoms with van der Waals surface area (Å²) in [6.07, 6.45) is 18.5. The van der Waals surface area contributed by atoms with E-state index in [0.717, 1.165) is 23.5 Å². The van der Waals surface area contributed by atoms with Gasteiger partial charge in [-0.1, -0.05) is 114 Å². The van der Waals surface area contributed by atoms with E-state index in [4.69, 9.17) is 4.74 Å². The number of Topliss-reactive ketones (excluding diaryl/α,β-unsaturated/α-hetero) is 1. The van der Waals surface area contributed by atoms with Gasteiger partial charge in [0.25, 0.3) is 0 Å². The summed E-state index contributed by atoms with van der Waals surface area (Å²) in [6.45, 7) is 2.28. The molecule has 0 saturated carbocycles. The predicted octanol–water partition coefficient (Wildman–Crippen LogP) is 9.07. The number of ketones is 1. The van der Waals surface area contributed by atoms with Crippen molar-refractivity contribution in [3.05, 3.63) is 60.2 Å². The lowest BCUT2D eigenvalue weighted by atomic mass is 10.0. The van der Waals surface area contributed by atoms with E-state index in [0.29, 0.717) is 18.6 Å². The number of hydrogen-bond acceptors (Lipinski definition) is 2. The van der Waals surface area contributed by atoms with E-state index in [-0.39, 0.29) is 0 Å². The monoisotopic (exact) mass is 422 g/mol. The smallest absolute Gasteiger partial charge is 0.137 e. The van der Waals surface area contributed by atoms with Crippen molar-refractivity contribution in [2.45, 2.75) is 103 Å². The molecule has 2 heteroatoms. The minimum absolute atomic E-state index is 0.333. The number of carbonyl (C=O) groups is 1. The first kappa shape index (κ1) is 25.2. The Morgan fingerprint density at radius 3 is 1.81 bits per heavy atom. The molecular formula is C29H42O2. The molecule has 0 bridgehead atoms. The predicted molar refractivity (Wildman–Crippen MR) is 132 cm³/mol. The molecule has 2 aromatic rings. The van der Waals surface area contributed by atoms with E-state index in [9.17, 15) is 4.79 Å². The van der Waals surface area contributed by atoms with Crippen molar-refractivity contribution in [1.29, 1.82) is 0 Å². The lowest BCUT2D eigenvalue weighted by Gasteiger charge is -2.07. The van der Waals surface area contributed by atoms with Crippen LogP contribution < -0.4 is 4.74 Å². The zero-order chi connectivity index (χ0) is 22.0. The topological polar surface area (TPSA) is 26.3 Å². The van der Waals surface area contributed by atoms with E-state index in [1.165, 1.54) is 77.0 Å². The van der Waals surface area contributed by atoms with Crippen molar-refractivity contribution >= 4 is 5.78 Å². The van der Waals surface area contributed by atoms with Crippen LogP contribution >= 0.6 is 0 Å². The SMILES string of the molecule is CCCCCCCCCCCCCCCC(=O)Cc1cccc(Oc2ccccc2)c1. The van der Waals surface area contributed by atoms with E-state index in [1.807, 2.05) is 54.6 Å². The number of hydrogen-bond donors (Lipinski definition) is 0. The van der Waals surface area contributed by atoms with Crippen molar-refractivity contribution in [2.24, 2.45) is 0 Å². The zero-order valence-electron chi connectivity index (χ0n) is 19.6. The molecule has 2 aromatic carbocycles. The van der Waals surface area contributed by atoms with Gasteiger partial charge in [0.1, 0.15) is 17.3 Å². The summed E-state index contributed by atoms with van der Waals surface area (Å²) in [5, 5.41) is 0. The van der Waals surface area contributed by atoms with Gasteiger partial charge in [0.15, 0.2) is 0 Å². The van der Waals surface area contributed by atoms with E-state index >= 15 is 0 Å². The molecule has 0 aliphatic rings. The van der Waals surface area contributed by atoms with Crippen LogP contribution in [-0.4, -0.2) is 5.78 Å². The summed E-state index contributed by atoms with van der Waals surface area (Å²) in [7, 11) is 0. The molecule has 0 radical (unpaired) electrons. The highest BCUT2D eigenvalue weighted by Gasteiger charge is 2.06. The van der Waals surface area contributed by atoms with Crippen molar-refractivity contribution < 1.29 is 9.53 Å². The number of carbonyl (C=O) groups excluding carboxylic acids is 1. The number of rotatable bonds is 18. The van der Waals surface area contributed by atoms with E-state index in [2.05, 4.69) is 6.92 Å². The van der Waals surface area contributed by atoms with Crippen LogP contribution in [0.2, 0.25) is 0 Å². The highest BCUT2D eigenvalue weighted by Crippen LogP contribution is 2.22. The second-order valence-corrected chi connectivity index (χ2v) is 8.77. The van der Waals surface area contributed by atoms with Gasteiger partial charge in [-0.05, 0) is 36.2 Å². The molecule has 0 saturated heterocycles. The Balaban J connectivity index is 1.48. The Hall–Kier alpha value is -2.09. The second kappa shape index (κ2) is 16.6. The molecule has 0 unspecified atom stereocenters. The second-order valence-electron chi connectivity index (χ2n) is 8.77. The molecule has 170 valence electrons. The van der Waals surface area contributed by atoms with Gasteiger partial charge >= 0.3 is 0 Å². The molecule has 0 aliphatic heterocycles. The van der Waals surface area contributed by atoms with Crippen molar-refractivity contribution in [2.75, 3.05) is 0 Å². The minimum atomic E-state index is 0.333. The molecule has 0 aliphatic carbocycles. The fourth-order valence-electron chi connectivity index (χ4n) is 4.00. The number of ether oxygens (including phenoxy) is 1. The fourth-order valence-corrected chi connectivity index (χ4v) is 4.00. The third-order valence-electron chi connectivity index (χ3n) is 5.84. The quantitative estimate of drug-likeness (QED) is 0.224. The molecule has 0 fully saturated rings. The van der Waals surface area contributed by atoms with Crippen LogP contribution in [0.4, 0.5) is 0 Å². The fraction of sp³-hybridized carbons (Fsp3) is 0.552. The third-order valence-corrected chi connectivity index (χ3v) is 5.84. The van der Waals surface area contributed by atoms with Crippen molar-refractivity contribution in [3.8, 4) is 11.5 Å². The maximum Gasteiger partial charge on any atom is 0.137 e. The Morgan fingerprint density at radius 2 is 1.19 bits per heavy atom. The third kappa shape index (κ3) is 12.4. The summed E-state index contributed by atoms with van der Waals surface area (Å²) in [5.41, 5.74) is 1.04. The van der Waals surface area contributed by atoms with E-state index < -0.39 is 0 Å². The van der Waals surface area contributed by atoms with Gasteiger partial charge in [0, 0.05) is 12.8 Å². The van der Waals surface area contributed by atoms with Gasteiger partial charge in [0.05, 0.1) is 0 Å². The first-order chi connectivity index (χ1) is 15.3. The average molecular weight is 423 g/mol. The highest BCUT2D eigenvalue weighted by molar-refractivity contribution is 5.80. The lowest BCUT2D eigenvalue weighted by molar-refractivity contribution is -0.118. The molecular weight excluding hydrogens is 380 g/mol. The highest BCUT2D eigenvalue weighted by atomic mass is 16.5. The van der Waals surface area contributed by atoms with Crippen LogP contribution in [0.25, 0.3) is 0 Å². The summed E-state index contributed by atoms with van der Waals surface area (Å²) in [6, 6.07) is 17.7. The average Bonchev–Trinajstić information content (AvgIpc) is 2.78. The van der Waals surface area contributed by atoms with E-state index in [1.54, 1.807) is 0 Å². The molecule has 2 nitrogen and oxygen atoms in total. The summed E-state index contributed by atoms with van der Waals surface area (Å²) in [5.74, 6) is 1.94. The molecule has 0 N–H and O–H groups in total. The molecule has 2 rings (SSSR count). The normalized spacial score (nSPS) is 10.9. The number of unbranched alkanes of at least 4 members (excludes halogenated alkanes) is 12. The molecule has 0 amide bonds. The minimum Gasteiger partial charge on any atom is -0.457 e. The summed E-state index contributed by atoms with van der Waals surface area (Å²) < 4.78 is 5.87. The largest absolute Gasteiger partial charge is 0.457 e. The number of benzene rings is 2. The first-order valence-corrected chi connectivity index (χ1v) is 12.6. The molecule has 0 aromatic heterocycles. The van der Waals surface area contributed by atoms with Crippen LogP contribution in [0.5, 0.6) is 11.5 Å². The lowest BCUT2D eigenvalue weighted by Crippen LogP contribution is -2.02. The Bertz CT molecular complexity index is 708. The molecule has 0 heterocycles. The Morgan fingerprint density at radius 1 is 0.645 bits per heavy atom. The first-order valence-electron chi connectivity index (χ1n) is 12.6. The van der Waals surface area contributed by atoms with Crippen molar-refractivity contribution in [3.63, 3.8) is 0 Å². The van der Waals surface area contributed by atoms with Crippen LogP contribution in [0.3, 0.4) is 0 Å².